The maximum atomic E-state index is 6.18. The molecule has 1 aliphatic carbocycles. The summed E-state index contributed by atoms with van der Waals surface area (Å²) in [6, 6.07) is 6.00. The van der Waals surface area contributed by atoms with E-state index in [0.717, 1.165) is 36.1 Å². The van der Waals surface area contributed by atoms with Crippen molar-refractivity contribution in [1.29, 1.82) is 0 Å². The molecule has 3 rings (SSSR count). The van der Waals surface area contributed by atoms with Gasteiger partial charge in [0.15, 0.2) is 5.82 Å². The fourth-order valence-corrected chi connectivity index (χ4v) is 2.43. The van der Waals surface area contributed by atoms with E-state index in [1.54, 1.807) is 13.2 Å². The average Bonchev–Trinajstić information content (AvgIpc) is 2.92. The third-order valence-electron chi connectivity index (χ3n) is 3.92. The molecule has 6 heteroatoms. The number of methoxy groups -OCH3 is 1. The van der Waals surface area contributed by atoms with Crippen molar-refractivity contribution in [3.05, 3.63) is 41.0 Å². The molecule has 0 radical (unpaired) electrons. The minimum Gasteiger partial charge on any atom is -0.496 e. The highest BCUT2D eigenvalue weighted by Crippen LogP contribution is 2.37. The van der Waals surface area contributed by atoms with Crippen LogP contribution in [-0.2, 0) is 5.54 Å². The van der Waals surface area contributed by atoms with Gasteiger partial charge in [-0.05, 0) is 44.4 Å². The zero-order chi connectivity index (χ0) is 14.9. The Labute approximate surface area is 136 Å². The number of nitrogens with two attached hydrogens (primary N) is 1. The standard InChI is InChI=1S/C16H19N3O2.ClH/c1-11-4-6-13(20-2)12(10-11)5-7-14-18-15(19-21-14)16(17)8-3-9-16;/h4-7,10H,3,8-9,17H2,1-2H3;1H/b7-5+;. The lowest BCUT2D eigenvalue weighted by molar-refractivity contribution is 0.229. The van der Waals surface area contributed by atoms with Crippen molar-refractivity contribution >= 4 is 24.6 Å². The predicted octanol–water partition coefficient (Wildman–Crippen LogP) is 3.32. The molecule has 0 unspecified atom stereocenters. The van der Waals surface area contributed by atoms with Gasteiger partial charge in [0.25, 0.3) is 5.89 Å². The smallest absolute Gasteiger partial charge is 0.250 e. The molecule has 1 saturated carbocycles. The second-order valence-electron chi connectivity index (χ2n) is 5.54. The van der Waals surface area contributed by atoms with E-state index in [9.17, 15) is 0 Å². The summed E-state index contributed by atoms with van der Waals surface area (Å²) in [5.74, 6) is 1.88. The van der Waals surface area contributed by atoms with E-state index in [-0.39, 0.29) is 12.4 Å². The molecular formula is C16H20ClN3O2. The minimum atomic E-state index is -0.392. The summed E-state index contributed by atoms with van der Waals surface area (Å²) in [4.78, 5) is 4.37. The molecule has 2 aromatic rings. The summed E-state index contributed by atoms with van der Waals surface area (Å²) in [6.07, 6.45) is 6.66. The van der Waals surface area contributed by atoms with E-state index < -0.39 is 5.54 Å². The number of ether oxygens (including phenoxy) is 1. The molecule has 1 fully saturated rings. The van der Waals surface area contributed by atoms with E-state index in [1.165, 1.54) is 0 Å². The van der Waals surface area contributed by atoms with Gasteiger partial charge in [0.05, 0.1) is 12.6 Å². The summed E-state index contributed by atoms with van der Waals surface area (Å²) >= 11 is 0. The quantitative estimate of drug-likeness (QED) is 0.935. The molecule has 2 N–H and O–H groups in total. The van der Waals surface area contributed by atoms with Crippen molar-refractivity contribution in [2.45, 2.75) is 31.7 Å². The van der Waals surface area contributed by atoms with Gasteiger partial charge in [0.2, 0.25) is 0 Å². The van der Waals surface area contributed by atoms with Gasteiger partial charge in [0, 0.05) is 11.6 Å². The SMILES string of the molecule is COc1ccc(C)cc1/C=C/c1nc(C2(N)CCC2)no1.Cl. The maximum absolute atomic E-state index is 6.18. The third-order valence-corrected chi connectivity index (χ3v) is 3.92. The van der Waals surface area contributed by atoms with Gasteiger partial charge in [-0.1, -0.05) is 16.8 Å². The van der Waals surface area contributed by atoms with Gasteiger partial charge in [-0.15, -0.1) is 12.4 Å². The normalized spacial score (nSPS) is 16.1. The Morgan fingerprint density at radius 3 is 2.73 bits per heavy atom. The predicted molar refractivity (Wildman–Crippen MR) is 87.9 cm³/mol. The molecule has 0 spiro atoms. The van der Waals surface area contributed by atoms with Crippen molar-refractivity contribution in [2.24, 2.45) is 5.73 Å². The van der Waals surface area contributed by atoms with Crippen LogP contribution in [0, 0.1) is 6.92 Å². The van der Waals surface area contributed by atoms with Crippen LogP contribution in [0.1, 0.15) is 42.1 Å². The van der Waals surface area contributed by atoms with Crippen molar-refractivity contribution < 1.29 is 9.26 Å². The van der Waals surface area contributed by atoms with E-state index >= 15 is 0 Å². The van der Waals surface area contributed by atoms with E-state index in [2.05, 4.69) is 10.1 Å². The summed E-state index contributed by atoms with van der Waals surface area (Å²) < 4.78 is 10.6. The van der Waals surface area contributed by atoms with Gasteiger partial charge >= 0.3 is 0 Å². The Hall–Kier alpha value is -1.85. The van der Waals surface area contributed by atoms with Crippen LogP contribution < -0.4 is 10.5 Å². The first-order chi connectivity index (χ1) is 10.1. The third kappa shape index (κ3) is 3.15. The summed E-state index contributed by atoms with van der Waals surface area (Å²) in [5.41, 5.74) is 7.93. The number of aryl methyl sites for hydroxylation is 1. The largest absolute Gasteiger partial charge is 0.496 e. The Morgan fingerprint density at radius 2 is 2.09 bits per heavy atom. The fraction of sp³-hybridized carbons (Fsp3) is 0.375. The zero-order valence-corrected chi connectivity index (χ0v) is 13.5. The molecule has 22 heavy (non-hydrogen) atoms. The number of benzene rings is 1. The molecule has 0 saturated heterocycles. The van der Waals surface area contributed by atoms with Crippen LogP contribution in [-0.4, -0.2) is 17.3 Å². The molecule has 118 valence electrons. The fourth-order valence-electron chi connectivity index (χ4n) is 2.43. The Balaban J connectivity index is 0.00000176. The Kier molecular flexibility index (Phi) is 4.88. The second-order valence-corrected chi connectivity index (χ2v) is 5.54. The van der Waals surface area contributed by atoms with Crippen LogP contribution in [0.2, 0.25) is 0 Å². The van der Waals surface area contributed by atoms with E-state index in [4.69, 9.17) is 15.0 Å². The van der Waals surface area contributed by atoms with Crippen molar-refractivity contribution in [3.8, 4) is 5.75 Å². The average molecular weight is 322 g/mol. The van der Waals surface area contributed by atoms with Crippen molar-refractivity contribution in [3.63, 3.8) is 0 Å². The molecule has 0 aliphatic heterocycles. The molecule has 1 heterocycles. The topological polar surface area (TPSA) is 74.2 Å². The number of aromatic nitrogens is 2. The first-order valence-corrected chi connectivity index (χ1v) is 7.06. The monoisotopic (exact) mass is 321 g/mol. The summed E-state index contributed by atoms with van der Waals surface area (Å²) in [5, 5.41) is 3.99. The lowest BCUT2D eigenvalue weighted by Crippen LogP contribution is -2.44. The number of rotatable bonds is 4. The highest BCUT2D eigenvalue weighted by Gasteiger charge is 2.38. The molecule has 0 bridgehead atoms. The number of halogens is 1. The molecule has 1 aliphatic rings. The lowest BCUT2D eigenvalue weighted by Gasteiger charge is -2.34. The zero-order valence-electron chi connectivity index (χ0n) is 12.7. The van der Waals surface area contributed by atoms with Crippen LogP contribution in [0.25, 0.3) is 12.2 Å². The van der Waals surface area contributed by atoms with Crippen molar-refractivity contribution in [2.75, 3.05) is 7.11 Å². The van der Waals surface area contributed by atoms with Gasteiger partial charge in [-0.3, -0.25) is 0 Å². The highest BCUT2D eigenvalue weighted by molar-refractivity contribution is 5.85. The maximum Gasteiger partial charge on any atom is 0.250 e. The van der Waals surface area contributed by atoms with E-state index in [0.29, 0.717) is 11.7 Å². The Bertz CT molecular complexity index is 678. The highest BCUT2D eigenvalue weighted by atomic mass is 35.5. The molecule has 0 atom stereocenters. The van der Waals surface area contributed by atoms with Crippen LogP contribution in [0.15, 0.2) is 22.7 Å². The van der Waals surface area contributed by atoms with Crippen LogP contribution in [0.4, 0.5) is 0 Å². The van der Waals surface area contributed by atoms with E-state index in [1.807, 2.05) is 31.2 Å². The molecule has 1 aromatic heterocycles. The first-order valence-electron chi connectivity index (χ1n) is 7.06. The first kappa shape index (κ1) is 16.5. The molecule has 5 nitrogen and oxygen atoms in total. The van der Waals surface area contributed by atoms with Gasteiger partial charge in [-0.25, -0.2) is 0 Å². The van der Waals surface area contributed by atoms with Gasteiger partial charge in [-0.2, -0.15) is 4.98 Å². The molecular weight excluding hydrogens is 302 g/mol. The summed E-state index contributed by atoms with van der Waals surface area (Å²) in [6.45, 7) is 2.04. The summed E-state index contributed by atoms with van der Waals surface area (Å²) in [7, 11) is 1.65. The molecule has 0 amide bonds. The van der Waals surface area contributed by atoms with Crippen LogP contribution in [0.5, 0.6) is 5.75 Å². The number of nitrogens with zero attached hydrogens (tertiary/aromatic N) is 2. The van der Waals surface area contributed by atoms with Crippen molar-refractivity contribution in [1.82, 2.24) is 10.1 Å². The number of hydrogen-bond acceptors (Lipinski definition) is 5. The van der Waals surface area contributed by atoms with Crippen LogP contribution >= 0.6 is 12.4 Å². The van der Waals surface area contributed by atoms with Gasteiger partial charge < -0.3 is 15.0 Å². The number of hydrogen-bond donors (Lipinski definition) is 1. The Morgan fingerprint density at radius 1 is 1.32 bits per heavy atom. The van der Waals surface area contributed by atoms with Crippen LogP contribution in [0.3, 0.4) is 0 Å². The molecule has 1 aromatic carbocycles. The van der Waals surface area contributed by atoms with Gasteiger partial charge in [0.1, 0.15) is 5.75 Å². The lowest BCUT2D eigenvalue weighted by atomic mass is 9.77. The second kappa shape index (κ2) is 6.50. The minimum absolute atomic E-state index is 0.